The molecule has 4 aromatic rings. The summed E-state index contributed by atoms with van der Waals surface area (Å²) in [6.45, 7) is 0. The number of anilines is 1. The van der Waals surface area contributed by atoms with Gasteiger partial charge in [0.25, 0.3) is 0 Å². The van der Waals surface area contributed by atoms with Gasteiger partial charge in [-0.25, -0.2) is 9.50 Å². The molecule has 8 heteroatoms. The van der Waals surface area contributed by atoms with Crippen molar-refractivity contribution in [2.45, 2.75) is 12.1 Å². The molecular formula is C21H15F3N4O. The monoisotopic (exact) mass is 396 g/mol. The lowest BCUT2D eigenvalue weighted by Gasteiger charge is -2.17. The summed E-state index contributed by atoms with van der Waals surface area (Å²) in [5.74, 6) is -0.914. The number of benzene rings is 2. The largest absolute Gasteiger partial charge is 0.435 e. The summed E-state index contributed by atoms with van der Waals surface area (Å²) in [5.41, 5.74) is 0.835. The number of rotatable bonds is 4. The number of aromatic nitrogens is 3. The fraction of sp³-hybridized carbons (Fsp3) is 0.0952. The van der Waals surface area contributed by atoms with Gasteiger partial charge < -0.3 is 5.32 Å². The maximum Gasteiger partial charge on any atom is 0.435 e. The highest BCUT2D eigenvalue weighted by atomic mass is 19.4. The molecule has 0 aliphatic rings. The molecule has 0 saturated heterocycles. The maximum absolute atomic E-state index is 13.1. The van der Waals surface area contributed by atoms with Crippen LogP contribution in [-0.2, 0) is 11.0 Å². The second-order valence-electron chi connectivity index (χ2n) is 6.42. The van der Waals surface area contributed by atoms with Crippen molar-refractivity contribution in [2.24, 2.45) is 0 Å². The summed E-state index contributed by atoms with van der Waals surface area (Å²) >= 11 is 0. The number of carbonyl (C=O) groups excluding carboxylic acids is 1. The molecule has 1 N–H and O–H groups in total. The zero-order valence-electron chi connectivity index (χ0n) is 15.0. The molecule has 0 unspecified atom stereocenters. The van der Waals surface area contributed by atoms with Crippen LogP contribution in [0.3, 0.4) is 0 Å². The van der Waals surface area contributed by atoms with Crippen LogP contribution in [0.25, 0.3) is 5.65 Å². The van der Waals surface area contributed by atoms with Crippen molar-refractivity contribution >= 4 is 17.2 Å². The van der Waals surface area contributed by atoms with Gasteiger partial charge in [-0.2, -0.15) is 18.3 Å². The van der Waals surface area contributed by atoms with E-state index in [9.17, 15) is 18.0 Å². The van der Waals surface area contributed by atoms with Crippen LogP contribution in [0, 0.1) is 0 Å². The fourth-order valence-corrected chi connectivity index (χ4v) is 3.08. The Balaban J connectivity index is 1.65. The van der Waals surface area contributed by atoms with E-state index < -0.39 is 17.8 Å². The summed E-state index contributed by atoms with van der Waals surface area (Å²) in [4.78, 5) is 17.0. The van der Waals surface area contributed by atoms with Crippen molar-refractivity contribution < 1.29 is 18.0 Å². The van der Waals surface area contributed by atoms with Crippen LogP contribution in [0.15, 0.2) is 79.1 Å². The predicted octanol–water partition coefficient (Wildman–Crippen LogP) is 4.52. The van der Waals surface area contributed by atoms with E-state index in [0.717, 1.165) is 21.7 Å². The number of carbonyl (C=O) groups is 1. The normalized spacial score (nSPS) is 11.7. The molecule has 0 aliphatic heterocycles. The predicted molar refractivity (Wildman–Crippen MR) is 101 cm³/mol. The second-order valence-corrected chi connectivity index (χ2v) is 6.42. The summed E-state index contributed by atoms with van der Waals surface area (Å²) < 4.78 is 39.5. The Bertz CT molecular complexity index is 1100. The highest BCUT2D eigenvalue weighted by Crippen LogP contribution is 2.29. The molecular weight excluding hydrogens is 381 g/mol. The number of alkyl halides is 3. The molecule has 0 atom stereocenters. The van der Waals surface area contributed by atoms with E-state index in [1.165, 1.54) is 12.4 Å². The summed E-state index contributed by atoms with van der Waals surface area (Å²) in [6.07, 6.45) is -1.95. The van der Waals surface area contributed by atoms with E-state index in [2.05, 4.69) is 15.4 Å². The average molecular weight is 396 g/mol. The highest BCUT2D eigenvalue weighted by Gasteiger charge is 2.34. The Hall–Kier alpha value is -3.68. The number of amides is 1. The van der Waals surface area contributed by atoms with Gasteiger partial charge in [-0.15, -0.1) is 0 Å². The van der Waals surface area contributed by atoms with Gasteiger partial charge in [-0.3, -0.25) is 4.79 Å². The third-order valence-electron chi connectivity index (χ3n) is 4.40. The molecule has 146 valence electrons. The molecule has 0 spiro atoms. The Labute approximate surface area is 163 Å². The van der Waals surface area contributed by atoms with Gasteiger partial charge in [0.1, 0.15) is 0 Å². The van der Waals surface area contributed by atoms with Crippen LogP contribution in [0.2, 0.25) is 0 Å². The number of nitrogens with one attached hydrogen (secondary N) is 1. The Morgan fingerprint density at radius 2 is 1.55 bits per heavy atom. The molecule has 5 nitrogen and oxygen atoms in total. The third kappa shape index (κ3) is 3.96. The SMILES string of the molecule is O=C(Nc1cnc2cc(C(F)(F)F)nn2c1)C(c1ccccc1)c1ccccc1. The molecule has 0 radical (unpaired) electrons. The summed E-state index contributed by atoms with van der Waals surface area (Å²) in [7, 11) is 0. The minimum Gasteiger partial charge on any atom is -0.323 e. The smallest absolute Gasteiger partial charge is 0.323 e. The fourth-order valence-electron chi connectivity index (χ4n) is 3.08. The van der Waals surface area contributed by atoms with Crippen LogP contribution in [0.4, 0.5) is 18.9 Å². The zero-order chi connectivity index (χ0) is 20.4. The average Bonchev–Trinajstić information content (AvgIpc) is 3.14. The highest BCUT2D eigenvalue weighted by molar-refractivity contribution is 5.98. The van der Waals surface area contributed by atoms with Crippen LogP contribution >= 0.6 is 0 Å². The first-order chi connectivity index (χ1) is 13.9. The number of hydrogen-bond acceptors (Lipinski definition) is 3. The van der Waals surface area contributed by atoms with Gasteiger partial charge in [0, 0.05) is 6.07 Å². The number of halogens is 3. The van der Waals surface area contributed by atoms with Gasteiger partial charge in [0.05, 0.1) is 24.0 Å². The van der Waals surface area contributed by atoms with Crippen LogP contribution in [0.1, 0.15) is 22.7 Å². The van der Waals surface area contributed by atoms with Gasteiger partial charge in [-0.05, 0) is 11.1 Å². The molecule has 2 aromatic heterocycles. The summed E-state index contributed by atoms with van der Waals surface area (Å²) in [6, 6.07) is 19.3. The molecule has 29 heavy (non-hydrogen) atoms. The Morgan fingerprint density at radius 3 is 2.10 bits per heavy atom. The van der Waals surface area contributed by atoms with Gasteiger partial charge in [0.2, 0.25) is 5.91 Å². The first-order valence-corrected chi connectivity index (χ1v) is 8.75. The third-order valence-corrected chi connectivity index (χ3v) is 4.40. The molecule has 4 rings (SSSR count). The topological polar surface area (TPSA) is 59.3 Å². The minimum atomic E-state index is -4.57. The van der Waals surface area contributed by atoms with Crippen molar-refractivity contribution in [1.29, 1.82) is 0 Å². The molecule has 2 heterocycles. The van der Waals surface area contributed by atoms with Gasteiger partial charge >= 0.3 is 6.18 Å². The molecule has 0 saturated carbocycles. The molecule has 0 aliphatic carbocycles. The minimum absolute atomic E-state index is 0.0398. The van der Waals surface area contributed by atoms with E-state index in [4.69, 9.17) is 0 Å². The maximum atomic E-state index is 13.1. The quantitative estimate of drug-likeness (QED) is 0.552. The van der Waals surface area contributed by atoms with Gasteiger partial charge in [0.15, 0.2) is 11.3 Å². The lowest BCUT2D eigenvalue weighted by Crippen LogP contribution is -2.22. The summed E-state index contributed by atoms with van der Waals surface area (Å²) in [5, 5.41) is 6.23. The molecule has 0 bridgehead atoms. The standard InChI is InChI=1S/C21H15F3N4O/c22-21(23,24)17-11-18-25-12-16(13-28(18)27-17)26-20(29)19(14-7-3-1-4-8-14)15-9-5-2-6-10-15/h1-13,19H,(H,26,29). The second kappa shape index (κ2) is 7.38. The lowest BCUT2D eigenvalue weighted by atomic mass is 9.90. The molecule has 1 amide bonds. The first-order valence-electron chi connectivity index (χ1n) is 8.75. The Kier molecular flexibility index (Phi) is 4.75. The van der Waals surface area contributed by atoms with Crippen molar-refractivity contribution in [3.8, 4) is 0 Å². The van der Waals surface area contributed by atoms with Crippen molar-refractivity contribution in [2.75, 3.05) is 5.32 Å². The van der Waals surface area contributed by atoms with Crippen molar-refractivity contribution in [3.05, 3.63) is 95.9 Å². The van der Waals surface area contributed by atoms with Crippen LogP contribution < -0.4 is 5.32 Å². The van der Waals surface area contributed by atoms with Crippen molar-refractivity contribution in [3.63, 3.8) is 0 Å². The number of fused-ring (bicyclic) bond motifs is 1. The van der Waals surface area contributed by atoms with Crippen LogP contribution in [0.5, 0.6) is 0 Å². The van der Waals surface area contributed by atoms with Gasteiger partial charge in [-0.1, -0.05) is 60.7 Å². The van der Waals surface area contributed by atoms with E-state index in [-0.39, 0.29) is 17.2 Å². The lowest BCUT2D eigenvalue weighted by molar-refractivity contribution is -0.141. The van der Waals surface area contributed by atoms with E-state index in [1.807, 2.05) is 60.7 Å². The van der Waals surface area contributed by atoms with Crippen molar-refractivity contribution in [1.82, 2.24) is 14.6 Å². The first kappa shape index (κ1) is 18.7. The van der Waals surface area contributed by atoms with Crippen LogP contribution in [-0.4, -0.2) is 20.5 Å². The number of hydrogen-bond donors (Lipinski definition) is 1. The Morgan fingerprint density at radius 1 is 0.966 bits per heavy atom. The van der Waals surface area contributed by atoms with E-state index >= 15 is 0 Å². The molecule has 2 aromatic carbocycles. The molecule has 0 fully saturated rings. The van der Waals surface area contributed by atoms with E-state index in [1.54, 1.807) is 0 Å². The van der Waals surface area contributed by atoms with E-state index in [0.29, 0.717) is 0 Å². The zero-order valence-corrected chi connectivity index (χ0v) is 15.0. The number of nitrogens with zero attached hydrogens (tertiary/aromatic N) is 3.